The zero-order valence-electron chi connectivity index (χ0n) is 17.7. The fourth-order valence-corrected chi connectivity index (χ4v) is 3.42. The molecule has 0 spiro atoms. The fourth-order valence-electron chi connectivity index (χ4n) is 3.29. The van der Waals surface area contributed by atoms with Crippen molar-refractivity contribution in [3.8, 4) is 0 Å². The zero-order chi connectivity index (χ0) is 21.2. The minimum atomic E-state index is -0.230. The maximum atomic E-state index is 12.1. The van der Waals surface area contributed by atoms with Crippen LogP contribution in [0.4, 0.5) is 10.5 Å². The second kappa shape index (κ2) is 11.6. The Balaban J connectivity index is 1.84. The Kier molecular flexibility index (Phi) is 9.23. The number of likely N-dealkylation sites (N-methyl/N-ethyl adjacent to an activating group) is 1. The third-order valence-corrected chi connectivity index (χ3v) is 5.19. The summed E-state index contributed by atoms with van der Waals surface area (Å²) in [7, 11) is 2.14. The molecule has 0 aliphatic heterocycles. The van der Waals surface area contributed by atoms with E-state index in [1.54, 1.807) is 0 Å². The van der Waals surface area contributed by atoms with E-state index in [0.717, 1.165) is 24.2 Å². The van der Waals surface area contributed by atoms with Crippen LogP contribution < -0.4 is 10.6 Å². The summed E-state index contributed by atoms with van der Waals surface area (Å²) in [6.07, 6.45) is 3.53. The van der Waals surface area contributed by atoms with Gasteiger partial charge >= 0.3 is 6.03 Å². The molecule has 1 atom stereocenters. The first-order valence-corrected chi connectivity index (χ1v) is 10.5. The van der Waals surface area contributed by atoms with Crippen molar-refractivity contribution in [2.75, 3.05) is 12.4 Å². The lowest BCUT2D eigenvalue weighted by Gasteiger charge is -2.28. The van der Waals surface area contributed by atoms with Crippen molar-refractivity contribution in [3.63, 3.8) is 0 Å². The number of nitrogens with one attached hydrogen (secondary N) is 2. The molecular formula is C24H32ClN3O. The van der Waals surface area contributed by atoms with E-state index in [-0.39, 0.29) is 6.03 Å². The lowest BCUT2D eigenvalue weighted by molar-refractivity contribution is 0.248. The summed E-state index contributed by atoms with van der Waals surface area (Å²) in [6.45, 7) is 9.78. The first-order valence-electron chi connectivity index (χ1n) is 10.1. The van der Waals surface area contributed by atoms with Crippen molar-refractivity contribution in [3.05, 3.63) is 76.8 Å². The van der Waals surface area contributed by atoms with Crippen LogP contribution in [0, 0.1) is 0 Å². The summed E-state index contributed by atoms with van der Waals surface area (Å²) in [5.41, 5.74) is 4.18. The number of carbonyl (C=O) groups excluding carboxylic acids is 1. The average Bonchev–Trinajstić information content (AvgIpc) is 2.69. The summed E-state index contributed by atoms with van der Waals surface area (Å²) in [6, 6.07) is 15.6. The number of anilines is 1. The van der Waals surface area contributed by atoms with Crippen LogP contribution in [0.2, 0.25) is 5.02 Å². The average molecular weight is 414 g/mol. The third-order valence-electron chi connectivity index (χ3n) is 4.94. The third kappa shape index (κ3) is 7.92. The normalized spacial score (nSPS) is 11.9. The number of urea groups is 1. The SMILES string of the molecule is C=C(C)C(CCCC)N(C)Cc1ccc(NC(=O)NCc2ccc(Cl)cc2)cc1. The highest BCUT2D eigenvalue weighted by molar-refractivity contribution is 6.30. The van der Waals surface area contributed by atoms with Crippen LogP contribution in [-0.4, -0.2) is 24.0 Å². The summed E-state index contributed by atoms with van der Waals surface area (Å²) in [4.78, 5) is 14.5. The lowest BCUT2D eigenvalue weighted by atomic mass is 10.0. The van der Waals surface area contributed by atoms with E-state index in [0.29, 0.717) is 17.6 Å². The van der Waals surface area contributed by atoms with Gasteiger partial charge in [0.2, 0.25) is 0 Å². The molecule has 0 saturated carbocycles. The van der Waals surface area contributed by atoms with Gasteiger partial charge in [-0.1, -0.05) is 67.8 Å². The van der Waals surface area contributed by atoms with Crippen molar-refractivity contribution < 1.29 is 4.79 Å². The molecule has 2 aromatic rings. The van der Waals surface area contributed by atoms with Gasteiger partial charge in [0.15, 0.2) is 0 Å². The van der Waals surface area contributed by atoms with Gasteiger partial charge in [-0.25, -0.2) is 4.79 Å². The van der Waals surface area contributed by atoms with Gasteiger partial charge in [0.1, 0.15) is 0 Å². The van der Waals surface area contributed by atoms with E-state index in [9.17, 15) is 4.79 Å². The number of hydrogen-bond donors (Lipinski definition) is 2. The Morgan fingerprint density at radius 1 is 1.10 bits per heavy atom. The molecule has 0 aliphatic rings. The van der Waals surface area contributed by atoms with E-state index < -0.39 is 0 Å². The molecule has 5 heteroatoms. The fraction of sp³-hybridized carbons (Fsp3) is 0.375. The van der Waals surface area contributed by atoms with Gasteiger partial charge in [-0.15, -0.1) is 0 Å². The molecule has 0 bridgehead atoms. The molecular weight excluding hydrogens is 382 g/mol. The second-order valence-electron chi connectivity index (χ2n) is 7.55. The highest BCUT2D eigenvalue weighted by Gasteiger charge is 2.15. The summed E-state index contributed by atoms with van der Waals surface area (Å²) >= 11 is 5.87. The first kappa shape index (κ1) is 23.0. The maximum absolute atomic E-state index is 12.1. The highest BCUT2D eigenvalue weighted by Crippen LogP contribution is 2.18. The van der Waals surface area contributed by atoms with Crippen molar-refractivity contribution >= 4 is 23.3 Å². The second-order valence-corrected chi connectivity index (χ2v) is 7.99. The molecule has 2 aromatic carbocycles. The van der Waals surface area contributed by atoms with Crippen LogP contribution in [0.25, 0.3) is 0 Å². The van der Waals surface area contributed by atoms with Crippen molar-refractivity contribution in [2.45, 2.75) is 52.2 Å². The molecule has 0 aliphatic carbocycles. The van der Waals surface area contributed by atoms with Gasteiger partial charge in [-0.2, -0.15) is 0 Å². The van der Waals surface area contributed by atoms with E-state index in [1.165, 1.54) is 24.0 Å². The minimum absolute atomic E-state index is 0.230. The van der Waals surface area contributed by atoms with Crippen molar-refractivity contribution in [1.29, 1.82) is 0 Å². The number of hydrogen-bond acceptors (Lipinski definition) is 2. The number of carbonyl (C=O) groups is 1. The number of unbranched alkanes of at least 4 members (excludes halogenated alkanes) is 1. The standard InChI is InChI=1S/C24H32ClN3O/c1-5-6-7-23(18(2)3)28(4)17-20-10-14-22(15-11-20)27-24(29)26-16-19-8-12-21(25)13-9-19/h8-15,23H,2,5-7,16-17H2,1,3-4H3,(H2,26,27,29). The molecule has 0 saturated heterocycles. The molecule has 2 amide bonds. The smallest absolute Gasteiger partial charge is 0.319 e. The maximum Gasteiger partial charge on any atom is 0.319 e. The molecule has 2 rings (SSSR count). The largest absolute Gasteiger partial charge is 0.334 e. The van der Waals surface area contributed by atoms with E-state index >= 15 is 0 Å². The number of amides is 2. The van der Waals surface area contributed by atoms with Crippen LogP contribution in [-0.2, 0) is 13.1 Å². The Morgan fingerprint density at radius 2 is 1.72 bits per heavy atom. The number of benzene rings is 2. The molecule has 0 heterocycles. The van der Waals surface area contributed by atoms with Gasteiger partial charge in [-0.05, 0) is 55.8 Å². The summed E-state index contributed by atoms with van der Waals surface area (Å²) in [5.74, 6) is 0. The summed E-state index contributed by atoms with van der Waals surface area (Å²) in [5, 5.41) is 6.40. The van der Waals surface area contributed by atoms with Gasteiger partial charge in [0.05, 0.1) is 0 Å². The molecule has 2 N–H and O–H groups in total. The van der Waals surface area contributed by atoms with Crippen LogP contribution in [0.5, 0.6) is 0 Å². The number of halogens is 1. The summed E-state index contributed by atoms with van der Waals surface area (Å²) < 4.78 is 0. The number of rotatable bonds is 10. The highest BCUT2D eigenvalue weighted by atomic mass is 35.5. The Hall–Kier alpha value is -2.30. The van der Waals surface area contributed by atoms with Crippen LogP contribution in [0.1, 0.15) is 44.2 Å². The zero-order valence-corrected chi connectivity index (χ0v) is 18.4. The van der Waals surface area contributed by atoms with Gasteiger partial charge < -0.3 is 10.6 Å². The molecule has 1 unspecified atom stereocenters. The van der Waals surface area contributed by atoms with E-state index in [2.05, 4.69) is 55.1 Å². The first-order chi connectivity index (χ1) is 13.9. The Labute approximate surface area is 180 Å². The van der Waals surface area contributed by atoms with Crippen molar-refractivity contribution in [1.82, 2.24) is 10.2 Å². The van der Waals surface area contributed by atoms with Gasteiger partial charge in [0, 0.05) is 29.8 Å². The quantitative estimate of drug-likeness (QED) is 0.453. The topological polar surface area (TPSA) is 44.4 Å². The molecule has 0 fully saturated rings. The molecule has 0 radical (unpaired) electrons. The molecule has 29 heavy (non-hydrogen) atoms. The van der Waals surface area contributed by atoms with E-state index in [4.69, 9.17) is 11.6 Å². The predicted molar refractivity (Wildman–Crippen MR) is 123 cm³/mol. The van der Waals surface area contributed by atoms with E-state index in [1.807, 2.05) is 36.4 Å². The Bertz CT molecular complexity index is 787. The molecule has 156 valence electrons. The monoisotopic (exact) mass is 413 g/mol. The molecule has 0 aromatic heterocycles. The molecule has 4 nitrogen and oxygen atoms in total. The van der Waals surface area contributed by atoms with Gasteiger partial charge in [0.25, 0.3) is 0 Å². The van der Waals surface area contributed by atoms with Crippen LogP contribution in [0.15, 0.2) is 60.7 Å². The van der Waals surface area contributed by atoms with Crippen LogP contribution in [0.3, 0.4) is 0 Å². The van der Waals surface area contributed by atoms with Crippen molar-refractivity contribution in [2.24, 2.45) is 0 Å². The van der Waals surface area contributed by atoms with Crippen LogP contribution >= 0.6 is 11.6 Å². The number of nitrogens with zero attached hydrogens (tertiary/aromatic N) is 1. The Morgan fingerprint density at radius 3 is 2.31 bits per heavy atom. The lowest BCUT2D eigenvalue weighted by Crippen LogP contribution is -2.32. The predicted octanol–water partition coefficient (Wildman–Crippen LogP) is 6.23. The minimum Gasteiger partial charge on any atom is -0.334 e. The van der Waals surface area contributed by atoms with Gasteiger partial charge in [-0.3, -0.25) is 4.90 Å².